The van der Waals surface area contributed by atoms with Crippen LogP contribution in [0, 0.1) is 13.8 Å². The molecule has 4 rings (SSSR count). The fraction of sp³-hybridized carbons (Fsp3) is 0.333. The number of amides is 1. The van der Waals surface area contributed by atoms with Crippen molar-refractivity contribution in [1.82, 2.24) is 9.88 Å². The predicted molar refractivity (Wildman–Crippen MR) is 112 cm³/mol. The number of carbonyl (C=O) groups is 2. The molecule has 1 aliphatic heterocycles. The molecule has 0 aliphatic carbocycles. The number of carbonyl (C=O) groups excluding carboxylic acids is 2. The summed E-state index contributed by atoms with van der Waals surface area (Å²) in [7, 11) is 0. The minimum absolute atomic E-state index is 0.0389. The van der Waals surface area contributed by atoms with Crippen LogP contribution in [0.4, 0.5) is 0 Å². The lowest BCUT2D eigenvalue weighted by atomic mass is 9.70. The second kappa shape index (κ2) is 6.93. The smallest absolute Gasteiger partial charge is 0.255 e. The number of piperidine rings is 1. The highest BCUT2D eigenvalue weighted by atomic mass is 16.2. The number of aromatic nitrogens is 1. The van der Waals surface area contributed by atoms with E-state index in [0.29, 0.717) is 31.5 Å². The number of aryl methyl sites for hydroxylation is 2. The van der Waals surface area contributed by atoms with Gasteiger partial charge in [0.2, 0.25) is 0 Å². The molecule has 0 atom stereocenters. The third kappa shape index (κ3) is 2.84. The highest BCUT2D eigenvalue weighted by Gasteiger charge is 2.41. The average molecular weight is 374 g/mol. The highest BCUT2D eigenvalue weighted by molar-refractivity contribution is 6.06. The minimum atomic E-state index is -0.482. The van der Waals surface area contributed by atoms with Gasteiger partial charge in [-0.3, -0.25) is 9.59 Å². The lowest BCUT2D eigenvalue weighted by Crippen LogP contribution is -2.48. The molecule has 0 radical (unpaired) electrons. The molecule has 0 spiro atoms. The summed E-state index contributed by atoms with van der Waals surface area (Å²) in [5, 5.41) is 1.10. The first-order valence-corrected chi connectivity index (χ1v) is 9.88. The maximum absolute atomic E-state index is 13.3. The van der Waals surface area contributed by atoms with Crippen molar-refractivity contribution in [3.8, 4) is 0 Å². The van der Waals surface area contributed by atoms with Crippen molar-refractivity contribution in [1.29, 1.82) is 0 Å². The molecule has 1 amide bonds. The van der Waals surface area contributed by atoms with Crippen LogP contribution in [-0.2, 0) is 10.2 Å². The number of ketones is 1. The molecule has 4 heteroatoms. The Kier molecular flexibility index (Phi) is 4.58. The fourth-order valence-corrected chi connectivity index (χ4v) is 4.52. The number of hydrogen-bond donors (Lipinski definition) is 1. The first-order chi connectivity index (χ1) is 13.4. The number of likely N-dealkylation sites (tertiary alicyclic amines) is 1. The van der Waals surface area contributed by atoms with E-state index in [-0.39, 0.29) is 11.7 Å². The van der Waals surface area contributed by atoms with Crippen molar-refractivity contribution < 1.29 is 9.59 Å². The summed E-state index contributed by atoms with van der Waals surface area (Å²) in [5.74, 6) is 0.223. The van der Waals surface area contributed by atoms with Gasteiger partial charge >= 0.3 is 0 Å². The third-order valence-corrected chi connectivity index (χ3v) is 6.48. The molecule has 0 saturated carbocycles. The molecule has 3 aromatic rings. The minimum Gasteiger partial charge on any atom is -0.358 e. The van der Waals surface area contributed by atoms with E-state index < -0.39 is 5.41 Å². The first kappa shape index (κ1) is 18.5. The maximum atomic E-state index is 13.3. The predicted octanol–water partition coefficient (Wildman–Crippen LogP) is 4.55. The van der Waals surface area contributed by atoms with Crippen LogP contribution in [0.2, 0.25) is 0 Å². The summed E-state index contributed by atoms with van der Waals surface area (Å²) in [4.78, 5) is 31.1. The molecular formula is C24H26N2O2. The number of Topliss-reactive ketones (excluding diaryl/α,β-unsaturated/α-hetero) is 1. The monoisotopic (exact) mass is 374 g/mol. The fourth-order valence-electron chi connectivity index (χ4n) is 4.52. The molecule has 4 nitrogen and oxygen atoms in total. The van der Waals surface area contributed by atoms with Crippen LogP contribution in [0.15, 0.2) is 48.5 Å². The third-order valence-electron chi connectivity index (χ3n) is 6.48. The molecular weight excluding hydrogens is 348 g/mol. The van der Waals surface area contributed by atoms with E-state index in [1.54, 1.807) is 6.92 Å². The molecule has 2 heterocycles. The quantitative estimate of drug-likeness (QED) is 0.731. The Morgan fingerprint density at radius 1 is 0.964 bits per heavy atom. The number of para-hydroxylation sites is 1. The number of nitrogens with zero attached hydrogens (tertiary/aromatic N) is 1. The first-order valence-electron chi connectivity index (χ1n) is 9.88. The van der Waals surface area contributed by atoms with Crippen LogP contribution < -0.4 is 0 Å². The van der Waals surface area contributed by atoms with E-state index in [1.807, 2.05) is 54.3 Å². The zero-order valence-corrected chi connectivity index (χ0v) is 16.7. The van der Waals surface area contributed by atoms with Crippen molar-refractivity contribution in [3.63, 3.8) is 0 Å². The summed E-state index contributed by atoms with van der Waals surface area (Å²) in [5.41, 5.74) is 4.48. The Morgan fingerprint density at radius 3 is 2.29 bits per heavy atom. The van der Waals surface area contributed by atoms with Gasteiger partial charge in [0.25, 0.3) is 5.91 Å². The second-order valence-corrected chi connectivity index (χ2v) is 7.90. The lowest BCUT2D eigenvalue weighted by Gasteiger charge is -2.40. The van der Waals surface area contributed by atoms with Crippen molar-refractivity contribution in [2.24, 2.45) is 0 Å². The van der Waals surface area contributed by atoms with Crippen molar-refractivity contribution in [2.45, 2.75) is 39.0 Å². The number of benzene rings is 2. The lowest BCUT2D eigenvalue weighted by molar-refractivity contribution is -0.124. The van der Waals surface area contributed by atoms with Gasteiger partial charge in [-0.05, 0) is 50.8 Å². The van der Waals surface area contributed by atoms with Crippen molar-refractivity contribution >= 4 is 22.6 Å². The van der Waals surface area contributed by atoms with Gasteiger partial charge in [0.05, 0.1) is 16.5 Å². The molecule has 1 fully saturated rings. The van der Waals surface area contributed by atoms with Crippen LogP contribution in [-0.4, -0.2) is 34.7 Å². The van der Waals surface area contributed by atoms with Gasteiger partial charge in [-0.15, -0.1) is 0 Å². The molecule has 144 valence electrons. The number of aromatic amines is 1. The molecule has 28 heavy (non-hydrogen) atoms. The van der Waals surface area contributed by atoms with Gasteiger partial charge in [0.15, 0.2) is 0 Å². The van der Waals surface area contributed by atoms with Gasteiger partial charge in [0.1, 0.15) is 5.78 Å². The van der Waals surface area contributed by atoms with E-state index in [0.717, 1.165) is 22.2 Å². The Morgan fingerprint density at radius 2 is 1.64 bits per heavy atom. The summed E-state index contributed by atoms with van der Waals surface area (Å²) in [6.45, 7) is 6.95. The van der Waals surface area contributed by atoms with Gasteiger partial charge in [-0.25, -0.2) is 0 Å². The van der Waals surface area contributed by atoms with E-state index in [4.69, 9.17) is 0 Å². The van der Waals surface area contributed by atoms with E-state index in [9.17, 15) is 9.59 Å². The zero-order chi connectivity index (χ0) is 19.9. The van der Waals surface area contributed by atoms with E-state index in [2.05, 4.69) is 18.0 Å². The second-order valence-electron chi connectivity index (χ2n) is 7.90. The van der Waals surface area contributed by atoms with E-state index in [1.165, 1.54) is 5.56 Å². The number of rotatable bonds is 3. The van der Waals surface area contributed by atoms with Gasteiger partial charge in [0, 0.05) is 24.2 Å². The Bertz CT molecular complexity index is 1040. The number of hydrogen-bond acceptors (Lipinski definition) is 2. The Hall–Kier alpha value is -2.88. The maximum Gasteiger partial charge on any atom is 0.255 e. The standard InChI is InChI=1S/C24H26N2O2/c1-16-17(2)25-22-20(16)10-7-11-21(22)23(28)26-14-12-24(13-15-26,18(3)27)19-8-5-4-6-9-19/h4-11,25H,12-15H2,1-3H3. The summed E-state index contributed by atoms with van der Waals surface area (Å²) < 4.78 is 0. The van der Waals surface area contributed by atoms with Crippen LogP contribution in [0.3, 0.4) is 0 Å². The SMILES string of the molecule is CC(=O)C1(c2ccccc2)CCN(C(=O)c2cccc3c(C)c(C)[nH]c23)CC1. The normalized spacial score (nSPS) is 16.3. The molecule has 0 bridgehead atoms. The van der Waals surface area contributed by atoms with Crippen molar-refractivity contribution in [2.75, 3.05) is 13.1 Å². The summed E-state index contributed by atoms with van der Waals surface area (Å²) >= 11 is 0. The summed E-state index contributed by atoms with van der Waals surface area (Å²) in [6.07, 6.45) is 1.33. The molecule has 2 aromatic carbocycles. The Labute approximate surface area is 165 Å². The van der Waals surface area contributed by atoms with Crippen molar-refractivity contribution in [3.05, 3.63) is 70.9 Å². The average Bonchev–Trinajstić information content (AvgIpc) is 3.02. The van der Waals surface area contributed by atoms with Gasteiger partial charge in [-0.1, -0.05) is 42.5 Å². The number of H-pyrrole nitrogens is 1. The highest BCUT2D eigenvalue weighted by Crippen LogP contribution is 2.37. The van der Waals surface area contributed by atoms with Crippen LogP contribution >= 0.6 is 0 Å². The number of nitrogens with one attached hydrogen (secondary N) is 1. The van der Waals surface area contributed by atoms with Gasteiger partial charge in [-0.2, -0.15) is 0 Å². The largest absolute Gasteiger partial charge is 0.358 e. The number of fused-ring (bicyclic) bond motifs is 1. The van der Waals surface area contributed by atoms with Crippen LogP contribution in [0.25, 0.3) is 10.9 Å². The molecule has 1 aliphatic rings. The molecule has 1 saturated heterocycles. The van der Waals surface area contributed by atoms with Crippen LogP contribution in [0.1, 0.15) is 46.9 Å². The van der Waals surface area contributed by atoms with Crippen LogP contribution in [0.5, 0.6) is 0 Å². The topological polar surface area (TPSA) is 53.2 Å². The molecule has 1 N–H and O–H groups in total. The Balaban J connectivity index is 1.61. The van der Waals surface area contributed by atoms with E-state index >= 15 is 0 Å². The van der Waals surface area contributed by atoms with Gasteiger partial charge < -0.3 is 9.88 Å². The summed E-state index contributed by atoms with van der Waals surface area (Å²) in [6, 6.07) is 15.9. The molecule has 1 aromatic heterocycles. The zero-order valence-electron chi connectivity index (χ0n) is 16.7. The molecule has 0 unspecified atom stereocenters.